The fraction of sp³-hybridized carbons (Fsp3) is 0.0400. The lowest BCUT2D eigenvalue weighted by molar-refractivity contribution is -0.132. The molecule has 2 heterocycles. The first kappa shape index (κ1) is 20.2. The summed E-state index contributed by atoms with van der Waals surface area (Å²) in [6, 6.07) is 18.8. The van der Waals surface area contributed by atoms with E-state index in [1.165, 1.54) is 23.1 Å². The zero-order valence-electron chi connectivity index (χ0n) is 16.5. The third-order valence-corrected chi connectivity index (χ3v) is 6.09. The van der Waals surface area contributed by atoms with Crippen LogP contribution in [0.15, 0.2) is 89.0 Å². The largest absolute Gasteiger partial charge is 0.507 e. The number of aromatic amines is 1. The number of aliphatic hydroxyl groups is 1. The number of aromatic nitrogens is 1. The smallest absolute Gasteiger partial charge is 0.300 e. The number of amides is 1. The second-order valence-corrected chi connectivity index (χ2v) is 8.36. The minimum atomic E-state index is -0.934. The summed E-state index contributed by atoms with van der Waals surface area (Å²) in [6.45, 7) is 0. The number of rotatable bonds is 3. The number of nitrogens with zero attached hydrogens (tertiary/aromatic N) is 1. The summed E-state index contributed by atoms with van der Waals surface area (Å²) < 4.78 is 14.8. The van der Waals surface area contributed by atoms with Gasteiger partial charge in [0, 0.05) is 38.4 Å². The van der Waals surface area contributed by atoms with Crippen LogP contribution in [0.4, 0.5) is 10.1 Å². The van der Waals surface area contributed by atoms with Crippen LogP contribution in [0.5, 0.6) is 0 Å². The first-order chi connectivity index (χ1) is 15.5. The summed E-state index contributed by atoms with van der Waals surface area (Å²) in [5, 5.41) is 11.9. The van der Waals surface area contributed by atoms with Crippen molar-refractivity contribution in [1.29, 1.82) is 0 Å². The van der Waals surface area contributed by atoms with Crippen molar-refractivity contribution in [2.45, 2.75) is 6.04 Å². The van der Waals surface area contributed by atoms with Gasteiger partial charge in [0.2, 0.25) is 0 Å². The first-order valence-electron chi connectivity index (χ1n) is 9.84. The maximum atomic E-state index is 14.0. The number of anilines is 1. The molecule has 1 aromatic heterocycles. The van der Waals surface area contributed by atoms with Gasteiger partial charge in [0.05, 0.1) is 11.6 Å². The molecule has 3 aromatic carbocycles. The van der Waals surface area contributed by atoms with Crippen molar-refractivity contribution in [2.75, 3.05) is 4.90 Å². The monoisotopic (exact) mass is 490 g/mol. The van der Waals surface area contributed by atoms with Crippen LogP contribution in [0.2, 0.25) is 0 Å². The first-order valence-corrected chi connectivity index (χ1v) is 10.6. The van der Waals surface area contributed by atoms with Gasteiger partial charge in [0.15, 0.2) is 0 Å². The summed E-state index contributed by atoms with van der Waals surface area (Å²) >= 11 is 3.35. The zero-order valence-corrected chi connectivity index (χ0v) is 18.1. The van der Waals surface area contributed by atoms with E-state index in [4.69, 9.17) is 0 Å². The molecule has 158 valence electrons. The van der Waals surface area contributed by atoms with Crippen LogP contribution in [-0.4, -0.2) is 21.8 Å². The Morgan fingerprint density at radius 2 is 1.75 bits per heavy atom. The average Bonchev–Trinajstić information content (AvgIpc) is 3.32. The molecule has 0 radical (unpaired) electrons. The highest BCUT2D eigenvalue weighted by atomic mass is 79.9. The van der Waals surface area contributed by atoms with Gasteiger partial charge in [0.1, 0.15) is 11.6 Å². The van der Waals surface area contributed by atoms with Gasteiger partial charge in [-0.3, -0.25) is 14.5 Å². The number of aliphatic hydroxyl groups excluding tert-OH is 1. The SMILES string of the molecule is O=C1C(=O)N(c2cccc(F)c2)C(c2c[nH]c3ccccc23)/C1=C(\O)c1ccc(Br)cc1. The van der Waals surface area contributed by atoms with Gasteiger partial charge in [-0.2, -0.15) is 0 Å². The summed E-state index contributed by atoms with van der Waals surface area (Å²) in [5.41, 5.74) is 2.03. The third kappa shape index (κ3) is 3.22. The topological polar surface area (TPSA) is 73.4 Å². The molecule has 0 aliphatic carbocycles. The molecular weight excluding hydrogens is 475 g/mol. The van der Waals surface area contributed by atoms with Crippen LogP contribution in [0.25, 0.3) is 16.7 Å². The Labute approximate surface area is 190 Å². The number of fused-ring (bicyclic) bond motifs is 1. The lowest BCUT2D eigenvalue weighted by atomic mass is 9.95. The molecule has 1 amide bonds. The number of ketones is 1. The van der Waals surface area contributed by atoms with E-state index in [-0.39, 0.29) is 17.0 Å². The molecule has 0 saturated carbocycles. The number of Topliss-reactive ketones (excluding diaryl/α,β-unsaturated/α-hetero) is 1. The number of hydrogen-bond donors (Lipinski definition) is 2. The van der Waals surface area contributed by atoms with Gasteiger partial charge >= 0.3 is 0 Å². The molecule has 0 bridgehead atoms. The van der Waals surface area contributed by atoms with E-state index in [1.807, 2.05) is 24.3 Å². The van der Waals surface area contributed by atoms with E-state index >= 15 is 0 Å². The maximum absolute atomic E-state index is 14.0. The number of carbonyl (C=O) groups is 2. The minimum Gasteiger partial charge on any atom is -0.507 e. The van der Waals surface area contributed by atoms with Gasteiger partial charge in [-0.1, -0.05) is 52.3 Å². The van der Waals surface area contributed by atoms with E-state index < -0.39 is 23.5 Å². The fourth-order valence-corrected chi connectivity index (χ4v) is 4.37. The predicted octanol–water partition coefficient (Wildman–Crippen LogP) is 5.70. The van der Waals surface area contributed by atoms with E-state index in [9.17, 15) is 19.1 Å². The van der Waals surface area contributed by atoms with Crippen molar-refractivity contribution in [3.05, 3.63) is 106 Å². The van der Waals surface area contributed by atoms with Crippen molar-refractivity contribution in [2.24, 2.45) is 0 Å². The molecule has 1 atom stereocenters. The molecule has 1 unspecified atom stereocenters. The van der Waals surface area contributed by atoms with Crippen molar-refractivity contribution >= 4 is 50.0 Å². The van der Waals surface area contributed by atoms with Crippen LogP contribution < -0.4 is 4.90 Å². The van der Waals surface area contributed by atoms with Crippen LogP contribution in [0, 0.1) is 5.82 Å². The quantitative estimate of drug-likeness (QED) is 0.220. The van der Waals surface area contributed by atoms with Gasteiger partial charge in [0.25, 0.3) is 11.7 Å². The maximum Gasteiger partial charge on any atom is 0.300 e. The minimum absolute atomic E-state index is 0.0497. The standard InChI is InChI=1S/C25H16BrFN2O3/c26-15-10-8-14(9-11-15)23(30)21-22(19-13-28-20-7-2-1-6-18(19)20)29(25(32)24(21)31)17-5-3-4-16(27)12-17/h1-13,22,28,30H/b23-21+. The number of halogens is 2. The number of hydrogen-bond acceptors (Lipinski definition) is 3. The molecule has 5 nitrogen and oxygen atoms in total. The predicted molar refractivity (Wildman–Crippen MR) is 124 cm³/mol. The van der Waals surface area contributed by atoms with Gasteiger partial charge in [-0.25, -0.2) is 4.39 Å². The van der Waals surface area contributed by atoms with Crippen LogP contribution in [0.3, 0.4) is 0 Å². The Kier molecular flexibility index (Phi) is 4.90. The van der Waals surface area contributed by atoms with Crippen molar-refractivity contribution < 1.29 is 19.1 Å². The number of carbonyl (C=O) groups excluding carboxylic acids is 2. The summed E-state index contributed by atoms with van der Waals surface area (Å²) in [4.78, 5) is 30.7. The van der Waals surface area contributed by atoms with Crippen molar-refractivity contribution in [3.63, 3.8) is 0 Å². The Bertz CT molecular complexity index is 1410. The zero-order chi connectivity index (χ0) is 22.4. The van der Waals surface area contributed by atoms with Crippen LogP contribution in [0.1, 0.15) is 17.2 Å². The number of benzene rings is 3. The normalized spacial score (nSPS) is 17.9. The second-order valence-electron chi connectivity index (χ2n) is 7.45. The van der Waals surface area contributed by atoms with Crippen molar-refractivity contribution in [1.82, 2.24) is 4.98 Å². The Hall–Kier alpha value is -3.71. The fourth-order valence-electron chi connectivity index (χ4n) is 4.10. The molecule has 7 heteroatoms. The highest BCUT2D eigenvalue weighted by Crippen LogP contribution is 2.44. The summed E-state index contributed by atoms with van der Waals surface area (Å²) in [6.07, 6.45) is 1.71. The Morgan fingerprint density at radius 3 is 2.50 bits per heavy atom. The van der Waals surface area contributed by atoms with Crippen LogP contribution in [-0.2, 0) is 9.59 Å². The van der Waals surface area contributed by atoms with Crippen LogP contribution >= 0.6 is 15.9 Å². The second kappa shape index (κ2) is 7.76. The van der Waals surface area contributed by atoms with Gasteiger partial charge in [-0.15, -0.1) is 0 Å². The molecule has 1 aliphatic rings. The summed E-state index contributed by atoms with van der Waals surface area (Å²) in [7, 11) is 0. The number of nitrogens with one attached hydrogen (secondary N) is 1. The average molecular weight is 491 g/mol. The number of para-hydroxylation sites is 1. The molecule has 1 fully saturated rings. The van der Waals surface area contributed by atoms with Gasteiger partial charge in [-0.05, 0) is 36.4 Å². The summed E-state index contributed by atoms with van der Waals surface area (Å²) in [5.74, 6) is -2.48. The lowest BCUT2D eigenvalue weighted by Gasteiger charge is -2.25. The third-order valence-electron chi connectivity index (χ3n) is 5.56. The molecule has 2 N–H and O–H groups in total. The van der Waals surface area contributed by atoms with Crippen molar-refractivity contribution in [3.8, 4) is 0 Å². The molecule has 5 rings (SSSR count). The lowest BCUT2D eigenvalue weighted by Crippen LogP contribution is -2.29. The Balaban J connectivity index is 1.78. The molecule has 1 saturated heterocycles. The molecule has 1 aliphatic heterocycles. The van der Waals surface area contributed by atoms with E-state index in [2.05, 4.69) is 20.9 Å². The van der Waals surface area contributed by atoms with E-state index in [0.717, 1.165) is 15.4 Å². The van der Waals surface area contributed by atoms with E-state index in [1.54, 1.807) is 36.5 Å². The molecular formula is C25H16BrFN2O3. The highest BCUT2D eigenvalue weighted by molar-refractivity contribution is 9.10. The molecule has 4 aromatic rings. The number of H-pyrrole nitrogens is 1. The Morgan fingerprint density at radius 1 is 1.00 bits per heavy atom. The van der Waals surface area contributed by atoms with E-state index in [0.29, 0.717) is 11.1 Å². The molecule has 0 spiro atoms. The van der Waals surface area contributed by atoms with Gasteiger partial charge < -0.3 is 10.1 Å². The highest BCUT2D eigenvalue weighted by Gasteiger charge is 2.47. The molecule has 32 heavy (non-hydrogen) atoms.